The molecule has 1 heterocycles. The summed E-state index contributed by atoms with van der Waals surface area (Å²) in [7, 11) is -3.18. The summed E-state index contributed by atoms with van der Waals surface area (Å²) < 4.78 is 43.5. The zero-order chi connectivity index (χ0) is 18.3. The van der Waals surface area contributed by atoms with Crippen LogP contribution in [-0.2, 0) is 23.0 Å². The van der Waals surface area contributed by atoms with Crippen molar-refractivity contribution in [2.24, 2.45) is 5.92 Å². The van der Waals surface area contributed by atoms with Gasteiger partial charge in [0.05, 0.1) is 9.72 Å². The van der Waals surface area contributed by atoms with Crippen LogP contribution in [0.3, 0.4) is 0 Å². The van der Waals surface area contributed by atoms with E-state index in [1.807, 2.05) is 6.07 Å². The van der Waals surface area contributed by atoms with Gasteiger partial charge in [-0.2, -0.15) is 0 Å². The molecule has 0 saturated heterocycles. The molecule has 2 fully saturated rings. The van der Waals surface area contributed by atoms with Crippen molar-refractivity contribution in [3.8, 4) is 0 Å². The van der Waals surface area contributed by atoms with Gasteiger partial charge in [-0.1, -0.05) is 12.8 Å². The van der Waals surface area contributed by atoms with E-state index >= 15 is 0 Å². The summed E-state index contributed by atoms with van der Waals surface area (Å²) in [5, 5.41) is 0.675. The second-order valence-electron chi connectivity index (χ2n) is 7.63. The molecule has 1 aromatic heterocycles. The highest BCUT2D eigenvalue weighted by atomic mass is 79.9. The summed E-state index contributed by atoms with van der Waals surface area (Å²) in [4.78, 5) is 0. The minimum atomic E-state index is -3.18. The third kappa shape index (κ3) is 3.85. The lowest BCUT2D eigenvalue weighted by Gasteiger charge is -2.11. The van der Waals surface area contributed by atoms with E-state index in [4.69, 9.17) is 0 Å². The summed E-state index contributed by atoms with van der Waals surface area (Å²) in [5.74, 6) is 0.395. The molecule has 1 N–H and O–H groups in total. The first-order chi connectivity index (χ1) is 12.4. The molecule has 0 unspecified atom stereocenters. The van der Waals surface area contributed by atoms with Gasteiger partial charge >= 0.3 is 0 Å². The zero-order valence-electron chi connectivity index (χ0n) is 14.7. The van der Waals surface area contributed by atoms with Gasteiger partial charge in [-0.3, -0.25) is 0 Å². The Balaban J connectivity index is 1.57. The Bertz CT molecular complexity index is 915. The van der Waals surface area contributed by atoms with Gasteiger partial charge in [0.15, 0.2) is 0 Å². The number of hydrogen-bond acceptors (Lipinski definition) is 2. The van der Waals surface area contributed by atoms with E-state index in [1.54, 1.807) is 6.07 Å². The van der Waals surface area contributed by atoms with Crippen LogP contribution in [0.15, 0.2) is 22.8 Å². The van der Waals surface area contributed by atoms with Gasteiger partial charge in [0.1, 0.15) is 5.82 Å². The maximum Gasteiger partial charge on any atom is 0.214 e. The van der Waals surface area contributed by atoms with Crippen molar-refractivity contribution in [1.29, 1.82) is 0 Å². The van der Waals surface area contributed by atoms with Gasteiger partial charge in [0, 0.05) is 30.2 Å². The molecule has 2 aliphatic rings. The molecule has 142 valence electrons. The molecule has 2 aromatic rings. The molecule has 0 bridgehead atoms. The molecule has 26 heavy (non-hydrogen) atoms. The Labute approximate surface area is 162 Å². The van der Waals surface area contributed by atoms with E-state index in [1.165, 1.54) is 25.7 Å². The normalized spacial score (nSPS) is 18.8. The molecule has 2 aliphatic carbocycles. The lowest BCUT2D eigenvalue weighted by molar-refractivity contribution is 0.465. The van der Waals surface area contributed by atoms with E-state index in [0.29, 0.717) is 23.4 Å². The highest BCUT2D eigenvalue weighted by molar-refractivity contribution is 9.10. The van der Waals surface area contributed by atoms with Crippen molar-refractivity contribution in [3.05, 3.63) is 34.2 Å². The van der Waals surface area contributed by atoms with Crippen LogP contribution in [0.2, 0.25) is 0 Å². The van der Waals surface area contributed by atoms with Gasteiger partial charge in [0.2, 0.25) is 10.0 Å². The van der Waals surface area contributed by atoms with Gasteiger partial charge in [0.25, 0.3) is 0 Å². The van der Waals surface area contributed by atoms with Crippen LogP contribution < -0.4 is 4.72 Å². The fraction of sp³-hybridized carbons (Fsp3) is 0.579. The van der Waals surface area contributed by atoms with Crippen LogP contribution in [0, 0.1) is 11.7 Å². The van der Waals surface area contributed by atoms with Crippen LogP contribution in [0.25, 0.3) is 10.9 Å². The topological polar surface area (TPSA) is 51.1 Å². The number of sulfonamides is 1. The molecule has 0 radical (unpaired) electrons. The first kappa shape index (κ1) is 18.4. The Morgan fingerprint density at radius 2 is 1.92 bits per heavy atom. The molecule has 0 aliphatic heterocycles. The van der Waals surface area contributed by atoms with Crippen molar-refractivity contribution >= 4 is 36.9 Å². The average Bonchev–Trinajstić information content (AvgIpc) is 3.27. The van der Waals surface area contributed by atoms with Gasteiger partial charge in [-0.05, 0) is 71.6 Å². The summed E-state index contributed by atoms with van der Waals surface area (Å²) in [6, 6.07) is 3.41. The number of fused-ring (bicyclic) bond motifs is 1. The monoisotopic (exact) mass is 442 g/mol. The molecular weight excluding hydrogens is 419 g/mol. The average molecular weight is 443 g/mol. The first-order valence-electron chi connectivity index (χ1n) is 9.39. The Morgan fingerprint density at radius 3 is 2.62 bits per heavy atom. The summed E-state index contributed by atoms with van der Waals surface area (Å²) in [5.41, 5.74) is 2.02. The lowest BCUT2D eigenvalue weighted by atomic mass is 10.1. The van der Waals surface area contributed by atoms with Crippen LogP contribution in [-0.4, -0.2) is 24.8 Å². The minimum absolute atomic E-state index is 0.209. The van der Waals surface area contributed by atoms with Crippen molar-refractivity contribution < 1.29 is 12.8 Å². The molecule has 0 amide bonds. The zero-order valence-corrected chi connectivity index (χ0v) is 17.1. The standard InChI is InChI=1S/C19H24BrFN2O2S/c20-17-10-19-16(9-18(17)21)14(7-8-22-26(24,25)15-5-6-15)12-23(19)11-13-3-1-2-4-13/h9-10,12-13,15,22H,1-8,11H2. The summed E-state index contributed by atoms with van der Waals surface area (Å²) >= 11 is 3.29. The van der Waals surface area contributed by atoms with Gasteiger partial charge < -0.3 is 4.57 Å². The lowest BCUT2D eigenvalue weighted by Crippen LogP contribution is -2.29. The Morgan fingerprint density at radius 1 is 1.19 bits per heavy atom. The quantitative estimate of drug-likeness (QED) is 0.692. The number of nitrogens with one attached hydrogen (secondary N) is 1. The predicted molar refractivity (Wildman–Crippen MR) is 105 cm³/mol. The number of benzene rings is 1. The maximum atomic E-state index is 14.1. The fourth-order valence-electron chi connectivity index (χ4n) is 4.00. The number of halogens is 2. The fourth-order valence-corrected chi connectivity index (χ4v) is 5.71. The molecule has 4 rings (SSSR count). The highest BCUT2D eigenvalue weighted by Gasteiger charge is 2.35. The third-order valence-electron chi connectivity index (χ3n) is 5.60. The van der Waals surface area contributed by atoms with E-state index in [9.17, 15) is 12.8 Å². The van der Waals surface area contributed by atoms with Crippen LogP contribution in [0.1, 0.15) is 44.1 Å². The maximum absolute atomic E-state index is 14.1. The van der Waals surface area contributed by atoms with Crippen LogP contribution in [0.4, 0.5) is 4.39 Å². The van der Waals surface area contributed by atoms with E-state index in [0.717, 1.165) is 35.9 Å². The molecule has 4 nitrogen and oxygen atoms in total. The third-order valence-corrected chi connectivity index (χ3v) is 8.16. The SMILES string of the molecule is O=S(=O)(NCCc1cn(CC2CCCC2)c2cc(Br)c(F)cc12)C1CC1. The second kappa shape index (κ2) is 7.24. The number of hydrogen-bond donors (Lipinski definition) is 1. The summed E-state index contributed by atoms with van der Waals surface area (Å²) in [6.45, 7) is 1.31. The van der Waals surface area contributed by atoms with Gasteiger partial charge in [-0.25, -0.2) is 17.5 Å². The second-order valence-corrected chi connectivity index (χ2v) is 10.5. The molecule has 2 saturated carbocycles. The van der Waals surface area contributed by atoms with Gasteiger partial charge in [-0.15, -0.1) is 0 Å². The molecule has 7 heteroatoms. The van der Waals surface area contributed by atoms with Crippen molar-refractivity contribution in [2.75, 3.05) is 6.54 Å². The van der Waals surface area contributed by atoms with Crippen molar-refractivity contribution in [3.63, 3.8) is 0 Å². The summed E-state index contributed by atoms with van der Waals surface area (Å²) in [6.07, 6.45) is 9.25. The van der Waals surface area contributed by atoms with Crippen molar-refractivity contribution in [2.45, 2.75) is 56.7 Å². The largest absolute Gasteiger partial charge is 0.347 e. The van der Waals surface area contributed by atoms with Crippen LogP contribution in [0.5, 0.6) is 0 Å². The molecule has 0 spiro atoms. The Kier molecular flexibility index (Phi) is 5.14. The predicted octanol–water partition coefficient (Wildman–Crippen LogP) is 4.36. The number of nitrogens with zero attached hydrogens (tertiary/aromatic N) is 1. The molecule has 1 aromatic carbocycles. The van der Waals surface area contributed by atoms with E-state index < -0.39 is 10.0 Å². The first-order valence-corrected chi connectivity index (χ1v) is 11.7. The Hall–Kier alpha value is -0.920. The minimum Gasteiger partial charge on any atom is -0.347 e. The molecule has 0 atom stereocenters. The smallest absolute Gasteiger partial charge is 0.214 e. The van der Waals surface area contributed by atoms with Crippen molar-refractivity contribution in [1.82, 2.24) is 9.29 Å². The highest BCUT2D eigenvalue weighted by Crippen LogP contribution is 2.32. The van der Waals surface area contributed by atoms with Crippen LogP contribution >= 0.6 is 15.9 Å². The van der Waals surface area contributed by atoms with E-state index in [2.05, 4.69) is 31.4 Å². The molecular formula is C19H24BrFN2O2S. The van der Waals surface area contributed by atoms with E-state index in [-0.39, 0.29) is 11.1 Å². The number of aromatic nitrogens is 1. The number of rotatable bonds is 7.